The van der Waals surface area contributed by atoms with Gasteiger partial charge in [0, 0.05) is 10.2 Å². The maximum absolute atomic E-state index is 6.28. The zero-order chi connectivity index (χ0) is 8.36. The smallest absolute Gasteiger partial charge is 0.147 e. The molecule has 0 unspecified atom stereocenters. The summed E-state index contributed by atoms with van der Waals surface area (Å²) >= 11 is 6.28. The average Bonchev–Trinajstić information content (AvgIpc) is 1.85. The van der Waals surface area contributed by atoms with Crippen LogP contribution in [0.3, 0.4) is 0 Å². The lowest BCUT2D eigenvalue weighted by molar-refractivity contribution is 0.105. The van der Waals surface area contributed by atoms with Gasteiger partial charge in [0.1, 0.15) is 5.12 Å². The summed E-state index contributed by atoms with van der Waals surface area (Å²) < 4.78 is 0. The van der Waals surface area contributed by atoms with Crippen LogP contribution in [0, 0.1) is 0 Å². The Hall–Kier alpha value is 0.427. The first-order valence-corrected chi connectivity index (χ1v) is 5.28. The second-order valence-electron chi connectivity index (χ2n) is 2.86. The van der Waals surface area contributed by atoms with E-state index in [1.165, 1.54) is 0 Å². The summed E-state index contributed by atoms with van der Waals surface area (Å²) in [5.41, 5.74) is 0. The van der Waals surface area contributed by atoms with Gasteiger partial charge in [-0.2, -0.15) is 0 Å². The van der Waals surface area contributed by atoms with E-state index in [2.05, 4.69) is 0 Å². The molecule has 0 saturated heterocycles. The standard InChI is InChI=1S/C6H17ClN2Si/c1-8(2)6(7,5-10)9(3)4/h5H2,1-4,10H3. The number of rotatable bonds is 3. The largest absolute Gasteiger partial charge is 0.279 e. The first-order chi connectivity index (χ1) is 4.45. The molecule has 0 aliphatic rings. The highest BCUT2D eigenvalue weighted by Crippen LogP contribution is 2.23. The lowest BCUT2D eigenvalue weighted by Gasteiger charge is -2.38. The molecule has 0 saturated carbocycles. The quantitative estimate of drug-likeness (QED) is 0.257. The van der Waals surface area contributed by atoms with Gasteiger partial charge >= 0.3 is 0 Å². The molecular weight excluding hydrogens is 164 g/mol. The third-order valence-electron chi connectivity index (χ3n) is 1.82. The maximum atomic E-state index is 6.28. The summed E-state index contributed by atoms with van der Waals surface area (Å²) in [5, 5.41) is -0.258. The van der Waals surface area contributed by atoms with Gasteiger partial charge in [-0.25, -0.2) is 0 Å². The minimum absolute atomic E-state index is 0.258. The van der Waals surface area contributed by atoms with Crippen LogP contribution in [0.1, 0.15) is 0 Å². The van der Waals surface area contributed by atoms with E-state index in [-0.39, 0.29) is 5.12 Å². The summed E-state index contributed by atoms with van der Waals surface area (Å²) in [6, 6.07) is 1.05. The van der Waals surface area contributed by atoms with Crippen molar-refractivity contribution in [2.45, 2.75) is 11.2 Å². The Bertz CT molecular complexity index is 97.9. The number of halogens is 1. The summed E-state index contributed by atoms with van der Waals surface area (Å²) in [7, 11) is 9.15. The fourth-order valence-corrected chi connectivity index (χ4v) is 2.30. The van der Waals surface area contributed by atoms with Gasteiger partial charge in [-0.05, 0) is 34.2 Å². The molecule has 4 heteroatoms. The zero-order valence-corrected chi connectivity index (χ0v) is 10.2. The molecule has 0 aliphatic carbocycles. The molecule has 10 heavy (non-hydrogen) atoms. The van der Waals surface area contributed by atoms with E-state index in [0.717, 1.165) is 16.3 Å². The van der Waals surface area contributed by atoms with E-state index in [1.54, 1.807) is 0 Å². The third kappa shape index (κ3) is 1.95. The topological polar surface area (TPSA) is 6.48 Å². The molecule has 0 heterocycles. The van der Waals surface area contributed by atoms with Gasteiger partial charge in [0.25, 0.3) is 0 Å². The molecule has 2 nitrogen and oxygen atoms in total. The fourth-order valence-electron chi connectivity index (χ4n) is 1.03. The van der Waals surface area contributed by atoms with Gasteiger partial charge < -0.3 is 0 Å². The molecule has 0 bridgehead atoms. The lowest BCUT2D eigenvalue weighted by atomic mass is 10.4. The van der Waals surface area contributed by atoms with E-state index in [4.69, 9.17) is 11.6 Å². The van der Waals surface area contributed by atoms with E-state index in [9.17, 15) is 0 Å². The van der Waals surface area contributed by atoms with Crippen molar-refractivity contribution in [2.75, 3.05) is 28.2 Å². The third-order valence-corrected chi connectivity index (χ3v) is 4.20. The van der Waals surface area contributed by atoms with Crippen molar-refractivity contribution in [3.63, 3.8) is 0 Å². The Morgan fingerprint density at radius 1 is 1.20 bits per heavy atom. The minimum Gasteiger partial charge on any atom is -0.279 e. The predicted octanol–water partition coefficient (Wildman–Crippen LogP) is -0.214. The van der Waals surface area contributed by atoms with Crippen LogP contribution in [0.5, 0.6) is 0 Å². The predicted molar refractivity (Wildman–Crippen MR) is 50.7 cm³/mol. The Morgan fingerprint density at radius 2 is 1.50 bits per heavy atom. The van der Waals surface area contributed by atoms with Gasteiger partial charge in [-0.3, -0.25) is 9.80 Å². The summed E-state index contributed by atoms with van der Waals surface area (Å²) in [6.45, 7) is 0. The number of alkyl halides is 1. The second-order valence-corrected chi connectivity index (χ2v) is 4.17. The molecule has 0 spiro atoms. The molecule has 0 fully saturated rings. The average molecular weight is 181 g/mol. The second kappa shape index (κ2) is 3.71. The zero-order valence-electron chi connectivity index (χ0n) is 7.48. The molecule has 0 aromatic rings. The molecule has 0 N–H and O–H groups in total. The van der Waals surface area contributed by atoms with E-state index < -0.39 is 0 Å². The van der Waals surface area contributed by atoms with Crippen molar-refractivity contribution in [3.05, 3.63) is 0 Å². The van der Waals surface area contributed by atoms with Gasteiger partial charge in [0.05, 0.1) is 0 Å². The molecule has 0 aliphatic heterocycles. The van der Waals surface area contributed by atoms with Crippen molar-refractivity contribution in [1.29, 1.82) is 0 Å². The maximum Gasteiger partial charge on any atom is 0.147 e. The van der Waals surface area contributed by atoms with E-state index in [1.807, 2.05) is 38.0 Å². The van der Waals surface area contributed by atoms with Crippen LogP contribution in [-0.2, 0) is 0 Å². The molecular formula is C6H17ClN2Si. The molecule has 0 aromatic heterocycles. The van der Waals surface area contributed by atoms with Gasteiger partial charge in [-0.15, -0.1) is 0 Å². The fraction of sp³-hybridized carbons (Fsp3) is 1.00. The highest BCUT2D eigenvalue weighted by molar-refractivity contribution is 6.27. The molecule has 0 atom stereocenters. The van der Waals surface area contributed by atoms with Crippen LogP contribution < -0.4 is 0 Å². The Labute approximate surface area is 71.6 Å². The van der Waals surface area contributed by atoms with Crippen LogP contribution in [0.2, 0.25) is 6.04 Å². The van der Waals surface area contributed by atoms with Gasteiger partial charge in [0.15, 0.2) is 0 Å². The molecule has 0 radical (unpaired) electrons. The van der Waals surface area contributed by atoms with E-state index in [0.29, 0.717) is 0 Å². The number of nitrogens with zero attached hydrogens (tertiary/aromatic N) is 2. The lowest BCUT2D eigenvalue weighted by Crippen LogP contribution is -2.50. The first kappa shape index (κ1) is 10.4. The van der Waals surface area contributed by atoms with Crippen LogP contribution in [-0.4, -0.2) is 53.4 Å². The first-order valence-electron chi connectivity index (χ1n) is 3.49. The van der Waals surface area contributed by atoms with Crippen molar-refractivity contribution >= 4 is 21.8 Å². The van der Waals surface area contributed by atoms with E-state index >= 15 is 0 Å². The van der Waals surface area contributed by atoms with Crippen LogP contribution in [0.15, 0.2) is 0 Å². The number of hydrogen-bond acceptors (Lipinski definition) is 2. The van der Waals surface area contributed by atoms with Crippen molar-refractivity contribution < 1.29 is 0 Å². The summed E-state index contributed by atoms with van der Waals surface area (Å²) in [4.78, 5) is 4.09. The van der Waals surface area contributed by atoms with Crippen molar-refractivity contribution in [3.8, 4) is 0 Å². The van der Waals surface area contributed by atoms with Crippen molar-refractivity contribution in [2.24, 2.45) is 0 Å². The highest BCUT2D eigenvalue weighted by atomic mass is 35.5. The molecule has 0 rings (SSSR count). The monoisotopic (exact) mass is 180 g/mol. The summed E-state index contributed by atoms with van der Waals surface area (Å²) in [6.07, 6.45) is 0. The van der Waals surface area contributed by atoms with Crippen molar-refractivity contribution in [1.82, 2.24) is 9.80 Å². The van der Waals surface area contributed by atoms with Gasteiger partial charge in [-0.1, -0.05) is 11.6 Å². The molecule has 0 aromatic carbocycles. The normalized spacial score (nSPS) is 13.5. The van der Waals surface area contributed by atoms with Gasteiger partial charge in [0.2, 0.25) is 0 Å². The molecule has 62 valence electrons. The Kier molecular flexibility index (Phi) is 3.87. The van der Waals surface area contributed by atoms with Crippen LogP contribution in [0.4, 0.5) is 0 Å². The molecule has 0 amide bonds. The van der Waals surface area contributed by atoms with Crippen LogP contribution in [0.25, 0.3) is 0 Å². The summed E-state index contributed by atoms with van der Waals surface area (Å²) in [5.74, 6) is 0. The highest BCUT2D eigenvalue weighted by Gasteiger charge is 2.29. The Balaban J connectivity index is 4.23. The SMILES string of the molecule is CN(C)C(Cl)(C[SiH3])N(C)C. The minimum atomic E-state index is -0.258. The Morgan fingerprint density at radius 3 is 1.50 bits per heavy atom. The van der Waals surface area contributed by atoms with Crippen LogP contribution >= 0.6 is 11.6 Å². The number of hydrogen-bond donors (Lipinski definition) is 0.